The van der Waals surface area contributed by atoms with Crippen LogP contribution in [0, 0.1) is 0 Å². The maximum Gasteiger partial charge on any atom is 0.190 e. The van der Waals surface area contributed by atoms with E-state index in [1.165, 1.54) is 4.88 Å². The second kappa shape index (κ2) is 4.30. The van der Waals surface area contributed by atoms with Crippen molar-refractivity contribution in [2.24, 2.45) is 0 Å². The van der Waals surface area contributed by atoms with Gasteiger partial charge >= 0.3 is 0 Å². The predicted octanol–water partition coefficient (Wildman–Crippen LogP) is 3.96. The average Bonchev–Trinajstić information content (AvgIpc) is 2.83. The van der Waals surface area contributed by atoms with E-state index < -0.39 is 0 Å². The molecule has 0 spiro atoms. The van der Waals surface area contributed by atoms with E-state index in [9.17, 15) is 4.79 Å². The minimum Gasteiger partial charge on any atom is -0.289 e. The van der Waals surface area contributed by atoms with Crippen molar-refractivity contribution >= 4 is 23.2 Å². The van der Waals surface area contributed by atoms with Crippen LogP contribution in [0.2, 0.25) is 0 Å². The van der Waals surface area contributed by atoms with Gasteiger partial charge in [0, 0.05) is 16.0 Å². The van der Waals surface area contributed by atoms with Crippen molar-refractivity contribution in [1.82, 2.24) is 0 Å². The van der Waals surface area contributed by atoms with Crippen molar-refractivity contribution in [3.8, 4) is 0 Å². The fourth-order valence-corrected chi connectivity index (χ4v) is 3.04. The molecule has 84 valence electrons. The van der Waals surface area contributed by atoms with Gasteiger partial charge in [-0.15, -0.1) is 11.3 Å². The van der Waals surface area contributed by atoms with Gasteiger partial charge in [0.1, 0.15) is 0 Å². The number of allylic oxidation sites excluding steroid dienone is 1. The highest BCUT2D eigenvalue weighted by atomic mass is 32.1. The molecule has 2 aromatic rings. The van der Waals surface area contributed by atoms with Crippen molar-refractivity contribution in [2.45, 2.75) is 12.8 Å². The molecule has 0 unspecified atom stereocenters. The van der Waals surface area contributed by atoms with Gasteiger partial charge in [0.05, 0.1) is 0 Å². The Labute approximate surface area is 104 Å². The Morgan fingerprint density at radius 3 is 2.71 bits per heavy atom. The van der Waals surface area contributed by atoms with Crippen LogP contribution >= 0.6 is 11.3 Å². The van der Waals surface area contributed by atoms with Gasteiger partial charge in [-0.05, 0) is 35.9 Å². The molecular weight excluding hydrogens is 228 g/mol. The van der Waals surface area contributed by atoms with Gasteiger partial charge < -0.3 is 0 Å². The molecule has 0 radical (unpaired) electrons. The van der Waals surface area contributed by atoms with E-state index in [1.54, 1.807) is 11.3 Å². The first kappa shape index (κ1) is 10.5. The SMILES string of the molecule is O=C1C(=Cc2ccccc2)CCc2sccc21. The summed E-state index contributed by atoms with van der Waals surface area (Å²) in [4.78, 5) is 13.5. The van der Waals surface area contributed by atoms with Gasteiger partial charge in [-0.2, -0.15) is 0 Å². The second-order valence-electron chi connectivity index (χ2n) is 4.17. The number of thiophene rings is 1. The molecule has 0 saturated carbocycles. The number of fused-ring (bicyclic) bond motifs is 1. The van der Waals surface area contributed by atoms with E-state index in [0.717, 1.165) is 29.5 Å². The third-order valence-electron chi connectivity index (χ3n) is 3.04. The Morgan fingerprint density at radius 2 is 1.88 bits per heavy atom. The first-order valence-corrected chi connectivity index (χ1v) is 6.59. The van der Waals surface area contributed by atoms with Crippen LogP contribution < -0.4 is 0 Å². The minimum absolute atomic E-state index is 0.205. The van der Waals surface area contributed by atoms with Gasteiger partial charge in [-0.25, -0.2) is 0 Å². The Balaban J connectivity index is 1.97. The third kappa shape index (κ3) is 1.96. The summed E-state index contributed by atoms with van der Waals surface area (Å²) < 4.78 is 0. The maximum atomic E-state index is 12.2. The first-order valence-electron chi connectivity index (χ1n) is 5.71. The fraction of sp³-hybridized carbons (Fsp3) is 0.133. The summed E-state index contributed by atoms with van der Waals surface area (Å²) in [5.41, 5.74) is 2.94. The van der Waals surface area contributed by atoms with Gasteiger partial charge in [0.15, 0.2) is 5.78 Å². The number of hydrogen-bond acceptors (Lipinski definition) is 2. The molecule has 1 nitrogen and oxygen atoms in total. The Kier molecular flexibility index (Phi) is 2.65. The van der Waals surface area contributed by atoms with Crippen molar-refractivity contribution < 1.29 is 4.79 Å². The maximum absolute atomic E-state index is 12.2. The molecule has 1 heterocycles. The van der Waals surface area contributed by atoms with Crippen molar-refractivity contribution in [3.63, 3.8) is 0 Å². The number of benzene rings is 1. The van der Waals surface area contributed by atoms with E-state index >= 15 is 0 Å². The summed E-state index contributed by atoms with van der Waals surface area (Å²) in [5, 5.41) is 2.01. The topological polar surface area (TPSA) is 17.1 Å². The lowest BCUT2D eigenvalue weighted by atomic mass is 9.91. The van der Waals surface area contributed by atoms with Gasteiger partial charge in [0.25, 0.3) is 0 Å². The van der Waals surface area contributed by atoms with Crippen LogP contribution in [-0.4, -0.2) is 5.78 Å². The van der Waals surface area contributed by atoms with Crippen LogP contribution in [0.3, 0.4) is 0 Å². The summed E-state index contributed by atoms with van der Waals surface area (Å²) >= 11 is 1.69. The van der Waals surface area contributed by atoms with Crippen LogP contribution in [0.5, 0.6) is 0 Å². The van der Waals surface area contributed by atoms with Crippen LogP contribution in [0.25, 0.3) is 6.08 Å². The van der Waals surface area contributed by atoms with Gasteiger partial charge in [-0.3, -0.25) is 4.79 Å². The molecule has 0 bridgehead atoms. The Bertz CT molecular complexity index is 578. The number of ketones is 1. The van der Waals surface area contributed by atoms with Crippen molar-refractivity contribution in [3.05, 3.63) is 63.4 Å². The first-order chi connectivity index (χ1) is 8.34. The molecule has 3 rings (SSSR count). The molecular formula is C15H12OS. The average molecular weight is 240 g/mol. The van der Waals surface area contributed by atoms with Crippen molar-refractivity contribution in [2.75, 3.05) is 0 Å². The Morgan fingerprint density at radius 1 is 1.06 bits per heavy atom. The van der Waals surface area contributed by atoms with E-state index in [-0.39, 0.29) is 5.78 Å². The molecule has 2 heteroatoms. The van der Waals surface area contributed by atoms with E-state index in [2.05, 4.69) is 0 Å². The molecule has 0 fully saturated rings. The van der Waals surface area contributed by atoms with E-state index in [4.69, 9.17) is 0 Å². The number of carbonyl (C=O) groups excluding carboxylic acids is 1. The van der Waals surface area contributed by atoms with Crippen LogP contribution in [-0.2, 0) is 6.42 Å². The summed E-state index contributed by atoms with van der Waals surface area (Å²) in [6, 6.07) is 12.0. The lowest BCUT2D eigenvalue weighted by Gasteiger charge is -2.13. The molecule has 0 amide bonds. The lowest BCUT2D eigenvalue weighted by molar-refractivity contribution is 0.102. The molecule has 0 saturated heterocycles. The molecule has 17 heavy (non-hydrogen) atoms. The predicted molar refractivity (Wildman–Crippen MR) is 71.4 cm³/mol. The van der Waals surface area contributed by atoms with Gasteiger partial charge in [0.2, 0.25) is 0 Å². The number of Topliss-reactive ketones (excluding diaryl/α,β-unsaturated/α-hetero) is 1. The van der Waals surface area contributed by atoms with E-state index in [0.29, 0.717) is 0 Å². The quantitative estimate of drug-likeness (QED) is 0.689. The highest BCUT2D eigenvalue weighted by molar-refractivity contribution is 7.10. The lowest BCUT2D eigenvalue weighted by Crippen LogP contribution is -2.11. The zero-order valence-corrected chi connectivity index (χ0v) is 10.2. The molecule has 1 aromatic heterocycles. The summed E-state index contributed by atoms with van der Waals surface area (Å²) in [6.07, 6.45) is 3.88. The van der Waals surface area contributed by atoms with E-state index in [1.807, 2.05) is 47.9 Å². The smallest absolute Gasteiger partial charge is 0.190 e. The molecule has 1 aliphatic carbocycles. The summed E-state index contributed by atoms with van der Waals surface area (Å²) in [7, 11) is 0. The molecule has 1 aromatic carbocycles. The number of hydrogen-bond donors (Lipinski definition) is 0. The number of aryl methyl sites for hydroxylation is 1. The largest absolute Gasteiger partial charge is 0.289 e. The molecule has 0 atom stereocenters. The zero-order chi connectivity index (χ0) is 11.7. The highest BCUT2D eigenvalue weighted by Crippen LogP contribution is 2.30. The molecule has 0 aliphatic heterocycles. The highest BCUT2D eigenvalue weighted by Gasteiger charge is 2.22. The number of rotatable bonds is 1. The second-order valence-corrected chi connectivity index (χ2v) is 5.17. The van der Waals surface area contributed by atoms with Crippen LogP contribution in [0.4, 0.5) is 0 Å². The minimum atomic E-state index is 0.205. The van der Waals surface area contributed by atoms with Crippen molar-refractivity contribution in [1.29, 1.82) is 0 Å². The third-order valence-corrected chi connectivity index (χ3v) is 4.02. The molecule has 0 N–H and O–H groups in total. The normalized spacial score (nSPS) is 17.2. The number of carbonyl (C=O) groups is 1. The fourth-order valence-electron chi connectivity index (χ4n) is 2.16. The van der Waals surface area contributed by atoms with Gasteiger partial charge in [-0.1, -0.05) is 30.3 Å². The standard InChI is InChI=1S/C15H12OS/c16-15-12(10-11-4-2-1-3-5-11)6-7-14-13(15)8-9-17-14/h1-5,8-10H,6-7H2. The van der Waals surface area contributed by atoms with Crippen LogP contribution in [0.1, 0.15) is 27.2 Å². The zero-order valence-electron chi connectivity index (χ0n) is 9.35. The van der Waals surface area contributed by atoms with Crippen LogP contribution in [0.15, 0.2) is 47.4 Å². The molecule has 1 aliphatic rings. The summed E-state index contributed by atoms with van der Waals surface area (Å²) in [5.74, 6) is 0.205. The Hall–Kier alpha value is -1.67. The monoisotopic (exact) mass is 240 g/mol. The summed E-state index contributed by atoms with van der Waals surface area (Å²) in [6.45, 7) is 0.